The van der Waals surface area contributed by atoms with Crippen LogP contribution in [0.2, 0.25) is 0 Å². The standard InChI is InChI=1S/C20H21BrN6O2S/c21-15-1-7-18(8-2-15)30(28,29)26-17-5-3-16(4-6-17)24-19-9-10-23-20(25-19)27-13-11-22-12-14-27/h1-10,22,26H,11-14H2,(H,23,24,25). The van der Waals surface area contributed by atoms with Crippen LogP contribution in [0.1, 0.15) is 0 Å². The summed E-state index contributed by atoms with van der Waals surface area (Å²) in [5.41, 5.74) is 1.28. The Morgan fingerprint density at radius 2 is 1.60 bits per heavy atom. The van der Waals surface area contributed by atoms with E-state index in [0.29, 0.717) is 17.5 Å². The third kappa shape index (κ3) is 5.07. The topological polar surface area (TPSA) is 99.2 Å². The smallest absolute Gasteiger partial charge is 0.261 e. The van der Waals surface area contributed by atoms with Crippen LogP contribution in [0.3, 0.4) is 0 Å². The lowest BCUT2D eigenvalue weighted by Crippen LogP contribution is -2.44. The molecule has 1 aliphatic heterocycles. The summed E-state index contributed by atoms with van der Waals surface area (Å²) in [6.45, 7) is 3.57. The highest BCUT2D eigenvalue weighted by Gasteiger charge is 2.15. The van der Waals surface area contributed by atoms with Crippen LogP contribution in [-0.2, 0) is 10.0 Å². The highest BCUT2D eigenvalue weighted by molar-refractivity contribution is 9.10. The first-order valence-corrected chi connectivity index (χ1v) is 11.7. The number of hydrogen-bond donors (Lipinski definition) is 3. The van der Waals surface area contributed by atoms with E-state index in [9.17, 15) is 8.42 Å². The van der Waals surface area contributed by atoms with Crippen molar-refractivity contribution in [2.45, 2.75) is 4.90 Å². The number of halogens is 1. The number of sulfonamides is 1. The maximum Gasteiger partial charge on any atom is 0.261 e. The molecule has 0 bridgehead atoms. The fourth-order valence-corrected chi connectivity index (χ4v) is 4.36. The lowest BCUT2D eigenvalue weighted by Gasteiger charge is -2.27. The SMILES string of the molecule is O=S(=O)(Nc1ccc(Nc2ccnc(N3CCNCC3)n2)cc1)c1ccc(Br)cc1. The van der Waals surface area contributed by atoms with Gasteiger partial charge in [-0.05, 0) is 54.6 Å². The molecule has 0 spiro atoms. The van der Waals surface area contributed by atoms with E-state index in [1.807, 2.05) is 0 Å². The first-order chi connectivity index (χ1) is 14.5. The fourth-order valence-electron chi connectivity index (χ4n) is 3.03. The van der Waals surface area contributed by atoms with Gasteiger partial charge in [-0.15, -0.1) is 0 Å². The van der Waals surface area contributed by atoms with Crippen LogP contribution < -0.4 is 20.3 Å². The molecule has 156 valence electrons. The Labute approximate surface area is 183 Å². The molecule has 8 nitrogen and oxygen atoms in total. The zero-order valence-electron chi connectivity index (χ0n) is 16.0. The maximum atomic E-state index is 12.5. The molecule has 1 fully saturated rings. The molecule has 0 unspecified atom stereocenters. The predicted molar refractivity (Wildman–Crippen MR) is 122 cm³/mol. The molecule has 2 aromatic carbocycles. The highest BCUT2D eigenvalue weighted by atomic mass is 79.9. The first-order valence-electron chi connectivity index (χ1n) is 9.44. The number of aromatic nitrogens is 2. The molecular weight excluding hydrogens is 468 g/mol. The van der Waals surface area contributed by atoms with Crippen molar-refractivity contribution in [3.63, 3.8) is 0 Å². The van der Waals surface area contributed by atoms with Crippen LogP contribution in [0.5, 0.6) is 0 Å². The number of benzene rings is 2. The first kappa shape index (κ1) is 20.6. The Balaban J connectivity index is 1.43. The summed E-state index contributed by atoms with van der Waals surface area (Å²) in [7, 11) is -3.64. The normalized spacial score (nSPS) is 14.4. The van der Waals surface area contributed by atoms with Crippen molar-refractivity contribution in [3.8, 4) is 0 Å². The summed E-state index contributed by atoms with van der Waals surface area (Å²) < 4.78 is 28.4. The zero-order valence-corrected chi connectivity index (χ0v) is 18.4. The van der Waals surface area contributed by atoms with E-state index in [1.54, 1.807) is 60.8 Å². The molecule has 0 amide bonds. The number of piperazine rings is 1. The number of nitrogens with one attached hydrogen (secondary N) is 3. The number of rotatable bonds is 6. The zero-order chi connectivity index (χ0) is 21.0. The highest BCUT2D eigenvalue weighted by Crippen LogP contribution is 2.22. The van der Waals surface area contributed by atoms with Gasteiger partial charge in [0.2, 0.25) is 5.95 Å². The molecule has 3 N–H and O–H groups in total. The van der Waals surface area contributed by atoms with Gasteiger partial charge in [-0.25, -0.2) is 13.4 Å². The van der Waals surface area contributed by atoms with Crippen molar-refractivity contribution in [3.05, 3.63) is 65.3 Å². The van der Waals surface area contributed by atoms with Crippen LogP contribution in [-0.4, -0.2) is 44.6 Å². The molecule has 1 aliphatic rings. The lowest BCUT2D eigenvalue weighted by molar-refractivity contribution is 0.580. The van der Waals surface area contributed by atoms with Crippen molar-refractivity contribution >= 4 is 49.1 Å². The molecule has 1 aromatic heterocycles. The van der Waals surface area contributed by atoms with Gasteiger partial charge in [0.15, 0.2) is 0 Å². The largest absolute Gasteiger partial charge is 0.340 e. The summed E-state index contributed by atoms with van der Waals surface area (Å²) in [6.07, 6.45) is 1.73. The van der Waals surface area contributed by atoms with Gasteiger partial charge < -0.3 is 15.5 Å². The third-order valence-electron chi connectivity index (χ3n) is 4.58. The second kappa shape index (κ2) is 8.99. The van der Waals surface area contributed by atoms with E-state index in [2.05, 4.69) is 46.2 Å². The minimum atomic E-state index is -3.64. The molecule has 1 saturated heterocycles. The fraction of sp³-hybridized carbons (Fsp3) is 0.200. The Kier molecular flexibility index (Phi) is 6.16. The van der Waals surface area contributed by atoms with Gasteiger partial charge in [0.1, 0.15) is 5.82 Å². The van der Waals surface area contributed by atoms with Gasteiger partial charge in [0.25, 0.3) is 10.0 Å². The summed E-state index contributed by atoms with van der Waals surface area (Å²) in [5, 5.41) is 6.54. The Hall–Kier alpha value is -2.69. The van der Waals surface area contributed by atoms with E-state index in [-0.39, 0.29) is 4.90 Å². The molecule has 30 heavy (non-hydrogen) atoms. The molecular formula is C20H21BrN6O2S. The van der Waals surface area contributed by atoms with E-state index < -0.39 is 10.0 Å². The molecule has 0 aliphatic carbocycles. The number of nitrogens with zero attached hydrogens (tertiary/aromatic N) is 3. The van der Waals surface area contributed by atoms with Crippen molar-refractivity contribution < 1.29 is 8.42 Å². The molecule has 4 rings (SSSR count). The van der Waals surface area contributed by atoms with Gasteiger partial charge in [-0.1, -0.05) is 15.9 Å². The lowest BCUT2D eigenvalue weighted by atomic mass is 10.3. The van der Waals surface area contributed by atoms with Crippen LogP contribution in [0.4, 0.5) is 23.1 Å². The summed E-state index contributed by atoms with van der Waals surface area (Å²) >= 11 is 3.30. The minimum Gasteiger partial charge on any atom is -0.340 e. The van der Waals surface area contributed by atoms with Crippen molar-refractivity contribution in [2.24, 2.45) is 0 Å². The molecule has 10 heteroatoms. The Morgan fingerprint density at radius 1 is 0.933 bits per heavy atom. The van der Waals surface area contributed by atoms with E-state index in [1.165, 1.54) is 0 Å². The summed E-state index contributed by atoms with van der Waals surface area (Å²) in [5.74, 6) is 1.38. The molecule has 0 saturated carbocycles. The van der Waals surface area contributed by atoms with Crippen LogP contribution >= 0.6 is 15.9 Å². The van der Waals surface area contributed by atoms with Crippen LogP contribution in [0, 0.1) is 0 Å². The average Bonchev–Trinajstić information content (AvgIpc) is 2.76. The van der Waals surface area contributed by atoms with Gasteiger partial charge in [0, 0.05) is 48.2 Å². The molecule has 3 aromatic rings. The third-order valence-corrected chi connectivity index (χ3v) is 6.50. The monoisotopic (exact) mass is 488 g/mol. The Bertz CT molecular complexity index is 1100. The Morgan fingerprint density at radius 3 is 2.30 bits per heavy atom. The van der Waals surface area contributed by atoms with E-state index >= 15 is 0 Å². The summed E-state index contributed by atoms with van der Waals surface area (Å²) in [6, 6.07) is 15.3. The predicted octanol–water partition coefficient (Wildman–Crippen LogP) is 3.19. The van der Waals surface area contributed by atoms with Gasteiger partial charge >= 0.3 is 0 Å². The number of hydrogen-bond acceptors (Lipinski definition) is 7. The van der Waals surface area contributed by atoms with Crippen molar-refractivity contribution in [1.82, 2.24) is 15.3 Å². The molecule has 0 atom stereocenters. The van der Waals surface area contributed by atoms with Gasteiger partial charge in [0.05, 0.1) is 4.90 Å². The quantitative estimate of drug-likeness (QED) is 0.489. The van der Waals surface area contributed by atoms with Crippen LogP contribution in [0.25, 0.3) is 0 Å². The average molecular weight is 489 g/mol. The second-order valence-electron chi connectivity index (χ2n) is 6.74. The maximum absolute atomic E-state index is 12.5. The summed E-state index contributed by atoms with van der Waals surface area (Å²) in [4.78, 5) is 11.3. The van der Waals surface area contributed by atoms with E-state index in [4.69, 9.17) is 0 Å². The van der Waals surface area contributed by atoms with E-state index in [0.717, 1.165) is 36.3 Å². The van der Waals surface area contributed by atoms with Crippen LogP contribution in [0.15, 0.2) is 70.2 Å². The van der Waals surface area contributed by atoms with Crippen molar-refractivity contribution in [2.75, 3.05) is 41.1 Å². The molecule has 0 radical (unpaired) electrons. The van der Waals surface area contributed by atoms with Gasteiger partial charge in [-0.2, -0.15) is 4.98 Å². The van der Waals surface area contributed by atoms with Crippen molar-refractivity contribution in [1.29, 1.82) is 0 Å². The van der Waals surface area contributed by atoms with Gasteiger partial charge in [-0.3, -0.25) is 4.72 Å². The molecule has 2 heterocycles. The minimum absolute atomic E-state index is 0.203. The second-order valence-corrected chi connectivity index (χ2v) is 9.34. The number of anilines is 4.